The van der Waals surface area contributed by atoms with Crippen molar-refractivity contribution in [3.63, 3.8) is 0 Å². The third kappa shape index (κ3) is 5.34. The Morgan fingerprint density at radius 3 is 2.60 bits per heavy atom. The minimum atomic E-state index is -0.237. The van der Waals surface area contributed by atoms with Crippen LogP contribution in [0.25, 0.3) is 11.0 Å². The first-order valence-electron chi connectivity index (χ1n) is 11.6. The van der Waals surface area contributed by atoms with Gasteiger partial charge in [-0.15, -0.1) is 0 Å². The van der Waals surface area contributed by atoms with Crippen LogP contribution in [0.4, 0.5) is 0 Å². The van der Waals surface area contributed by atoms with E-state index in [1.807, 2.05) is 45.0 Å². The van der Waals surface area contributed by atoms with Crippen LogP contribution in [-0.4, -0.2) is 45.0 Å². The van der Waals surface area contributed by atoms with E-state index in [0.29, 0.717) is 60.9 Å². The predicted octanol–water partition coefficient (Wildman–Crippen LogP) is 3.18. The molecule has 0 aliphatic carbocycles. The van der Waals surface area contributed by atoms with E-state index in [1.165, 1.54) is 6.20 Å². The molecule has 182 valence electrons. The number of hydrogen-bond donors (Lipinski definition) is 1. The normalized spacial score (nSPS) is 10.9. The summed E-state index contributed by atoms with van der Waals surface area (Å²) in [5, 5.41) is 7.64. The van der Waals surface area contributed by atoms with Gasteiger partial charge in [0.2, 0.25) is 0 Å². The smallest absolute Gasteiger partial charge is 0.264 e. The van der Waals surface area contributed by atoms with Crippen molar-refractivity contribution in [2.45, 2.75) is 33.9 Å². The van der Waals surface area contributed by atoms with Crippen LogP contribution in [0.2, 0.25) is 0 Å². The van der Waals surface area contributed by atoms with Gasteiger partial charge in [-0.2, -0.15) is 5.10 Å². The Kier molecular flexibility index (Phi) is 7.45. The SMILES string of the molecule is CCOc1ccc(C(=O)NCCn2ncc3c(=O)n(Cc4ccccc4C)cnc32)cc1OCC. The third-order valence-corrected chi connectivity index (χ3v) is 5.64. The quantitative estimate of drug-likeness (QED) is 0.378. The number of aromatic nitrogens is 4. The summed E-state index contributed by atoms with van der Waals surface area (Å²) in [5.41, 5.74) is 3.00. The van der Waals surface area contributed by atoms with Crippen molar-refractivity contribution in [2.75, 3.05) is 19.8 Å². The Hall–Kier alpha value is -4.14. The summed E-state index contributed by atoms with van der Waals surface area (Å²) in [5.74, 6) is 0.901. The minimum Gasteiger partial charge on any atom is -0.490 e. The zero-order valence-electron chi connectivity index (χ0n) is 20.2. The largest absolute Gasteiger partial charge is 0.490 e. The van der Waals surface area contributed by atoms with Gasteiger partial charge in [-0.25, -0.2) is 9.67 Å². The second-order valence-electron chi connectivity index (χ2n) is 7.99. The summed E-state index contributed by atoms with van der Waals surface area (Å²) < 4.78 is 14.4. The molecule has 0 saturated carbocycles. The first-order chi connectivity index (χ1) is 17.0. The maximum atomic E-state index is 13.0. The molecule has 0 unspecified atom stereocenters. The summed E-state index contributed by atoms with van der Waals surface area (Å²) in [7, 11) is 0. The van der Waals surface area contributed by atoms with Gasteiger partial charge in [0.25, 0.3) is 11.5 Å². The van der Waals surface area contributed by atoms with Gasteiger partial charge < -0.3 is 14.8 Å². The van der Waals surface area contributed by atoms with Gasteiger partial charge in [0.1, 0.15) is 11.7 Å². The van der Waals surface area contributed by atoms with Crippen LogP contribution in [0.3, 0.4) is 0 Å². The molecule has 9 heteroatoms. The minimum absolute atomic E-state index is 0.147. The average molecular weight is 476 g/mol. The molecule has 0 radical (unpaired) electrons. The predicted molar refractivity (Wildman–Crippen MR) is 133 cm³/mol. The number of hydrogen-bond acceptors (Lipinski definition) is 6. The molecule has 0 bridgehead atoms. The van der Waals surface area contributed by atoms with Gasteiger partial charge in [0, 0.05) is 12.1 Å². The summed E-state index contributed by atoms with van der Waals surface area (Å²) in [6.45, 7) is 7.91. The number of aryl methyl sites for hydroxylation is 1. The molecule has 2 aromatic carbocycles. The van der Waals surface area contributed by atoms with Gasteiger partial charge in [0.15, 0.2) is 17.1 Å². The van der Waals surface area contributed by atoms with E-state index in [9.17, 15) is 9.59 Å². The van der Waals surface area contributed by atoms with Crippen molar-refractivity contribution in [3.05, 3.63) is 82.0 Å². The number of amides is 1. The molecule has 0 atom stereocenters. The summed E-state index contributed by atoms with van der Waals surface area (Å²) in [6.07, 6.45) is 3.07. The summed E-state index contributed by atoms with van der Waals surface area (Å²) in [4.78, 5) is 30.1. The number of carbonyl (C=O) groups is 1. The fraction of sp³-hybridized carbons (Fsp3) is 0.308. The molecule has 0 aliphatic heterocycles. The molecule has 4 aromatic rings. The Balaban J connectivity index is 1.43. The van der Waals surface area contributed by atoms with Crippen LogP contribution < -0.4 is 20.3 Å². The number of fused-ring (bicyclic) bond motifs is 1. The fourth-order valence-electron chi connectivity index (χ4n) is 3.81. The highest BCUT2D eigenvalue weighted by Gasteiger charge is 2.13. The van der Waals surface area contributed by atoms with Gasteiger partial charge in [0.05, 0.1) is 32.5 Å². The molecule has 0 aliphatic rings. The number of benzene rings is 2. The van der Waals surface area contributed by atoms with E-state index in [-0.39, 0.29) is 11.5 Å². The van der Waals surface area contributed by atoms with Crippen molar-refractivity contribution in [2.24, 2.45) is 0 Å². The first-order valence-corrected chi connectivity index (χ1v) is 11.6. The molecule has 2 aromatic heterocycles. The molecule has 2 heterocycles. The number of rotatable bonds is 10. The molecule has 35 heavy (non-hydrogen) atoms. The first kappa shape index (κ1) is 24.0. The monoisotopic (exact) mass is 475 g/mol. The number of carbonyl (C=O) groups excluding carboxylic acids is 1. The van der Waals surface area contributed by atoms with Crippen molar-refractivity contribution >= 4 is 16.9 Å². The summed E-state index contributed by atoms with van der Waals surface area (Å²) >= 11 is 0. The van der Waals surface area contributed by atoms with E-state index in [2.05, 4.69) is 15.4 Å². The van der Waals surface area contributed by atoms with E-state index < -0.39 is 0 Å². The lowest BCUT2D eigenvalue weighted by molar-refractivity contribution is 0.0951. The molecular weight excluding hydrogens is 446 g/mol. The molecule has 1 N–H and O–H groups in total. The Morgan fingerprint density at radius 2 is 1.83 bits per heavy atom. The number of ether oxygens (including phenoxy) is 2. The molecule has 1 amide bonds. The van der Waals surface area contributed by atoms with Gasteiger partial charge in [-0.1, -0.05) is 24.3 Å². The zero-order valence-corrected chi connectivity index (χ0v) is 20.2. The second-order valence-corrected chi connectivity index (χ2v) is 7.99. The van der Waals surface area contributed by atoms with Crippen molar-refractivity contribution < 1.29 is 14.3 Å². The maximum absolute atomic E-state index is 13.0. The molecule has 0 spiro atoms. The topological polar surface area (TPSA) is 100 Å². The van der Waals surface area contributed by atoms with Crippen LogP contribution >= 0.6 is 0 Å². The molecule has 4 rings (SSSR count). The average Bonchev–Trinajstić information content (AvgIpc) is 3.27. The van der Waals surface area contributed by atoms with E-state index in [0.717, 1.165) is 11.1 Å². The number of nitrogens with zero attached hydrogens (tertiary/aromatic N) is 4. The van der Waals surface area contributed by atoms with Crippen LogP contribution in [0, 0.1) is 6.92 Å². The zero-order chi connectivity index (χ0) is 24.8. The highest BCUT2D eigenvalue weighted by molar-refractivity contribution is 5.94. The van der Waals surface area contributed by atoms with E-state index in [4.69, 9.17) is 9.47 Å². The van der Waals surface area contributed by atoms with Gasteiger partial charge >= 0.3 is 0 Å². The van der Waals surface area contributed by atoms with E-state index >= 15 is 0 Å². The van der Waals surface area contributed by atoms with Crippen LogP contribution in [-0.2, 0) is 13.1 Å². The van der Waals surface area contributed by atoms with Gasteiger partial charge in [-0.05, 0) is 50.1 Å². The lowest BCUT2D eigenvalue weighted by Gasteiger charge is -2.12. The summed E-state index contributed by atoms with van der Waals surface area (Å²) in [6, 6.07) is 13.0. The highest BCUT2D eigenvalue weighted by atomic mass is 16.5. The molecular formula is C26H29N5O4. The van der Waals surface area contributed by atoms with Crippen LogP contribution in [0.5, 0.6) is 11.5 Å². The van der Waals surface area contributed by atoms with Crippen LogP contribution in [0.1, 0.15) is 35.3 Å². The van der Waals surface area contributed by atoms with Crippen molar-refractivity contribution in [3.8, 4) is 11.5 Å². The van der Waals surface area contributed by atoms with E-state index in [1.54, 1.807) is 33.8 Å². The lowest BCUT2D eigenvalue weighted by Crippen LogP contribution is -2.28. The fourth-order valence-corrected chi connectivity index (χ4v) is 3.81. The van der Waals surface area contributed by atoms with Crippen molar-refractivity contribution in [1.82, 2.24) is 24.6 Å². The third-order valence-electron chi connectivity index (χ3n) is 5.64. The van der Waals surface area contributed by atoms with Crippen molar-refractivity contribution in [1.29, 1.82) is 0 Å². The highest BCUT2D eigenvalue weighted by Crippen LogP contribution is 2.28. The molecule has 0 saturated heterocycles. The maximum Gasteiger partial charge on any atom is 0.264 e. The lowest BCUT2D eigenvalue weighted by atomic mass is 10.1. The Labute approximate surface area is 203 Å². The number of nitrogens with one attached hydrogen (secondary N) is 1. The molecule has 0 fully saturated rings. The van der Waals surface area contributed by atoms with Gasteiger partial charge in [-0.3, -0.25) is 14.2 Å². The Bertz CT molecular complexity index is 1390. The Morgan fingerprint density at radius 1 is 1.06 bits per heavy atom. The van der Waals surface area contributed by atoms with Crippen LogP contribution in [0.15, 0.2) is 59.8 Å². The molecule has 9 nitrogen and oxygen atoms in total. The standard InChI is InChI=1S/C26H29N5O4/c1-4-34-22-11-10-19(14-23(22)35-5-2)25(32)27-12-13-31-24-21(15-29-31)26(33)30(17-28-24)16-20-9-7-6-8-18(20)3/h6-11,14-15,17H,4-5,12-13,16H2,1-3H3,(H,27,32). The second kappa shape index (κ2) is 10.9.